The zero-order valence-corrected chi connectivity index (χ0v) is 15.6. The second-order valence-electron chi connectivity index (χ2n) is 6.57. The highest BCUT2D eigenvalue weighted by molar-refractivity contribution is 6.00. The van der Waals surface area contributed by atoms with Crippen molar-refractivity contribution in [3.05, 3.63) is 82.3 Å². The molecule has 1 amide bonds. The molecule has 0 saturated heterocycles. The molecule has 0 spiro atoms. The van der Waals surface area contributed by atoms with Gasteiger partial charge in [0.2, 0.25) is 11.5 Å². The number of amides is 1. The van der Waals surface area contributed by atoms with E-state index in [1.807, 2.05) is 30.3 Å². The number of carbonyl (C=O) groups is 1. The van der Waals surface area contributed by atoms with Crippen LogP contribution in [0.25, 0.3) is 16.7 Å². The molecule has 0 fully saturated rings. The van der Waals surface area contributed by atoms with Crippen molar-refractivity contribution < 1.29 is 14.5 Å². The van der Waals surface area contributed by atoms with Crippen LogP contribution in [0.4, 0.5) is 5.82 Å². The number of benzene rings is 1. The number of pyridine rings is 2. The summed E-state index contributed by atoms with van der Waals surface area (Å²) in [7, 11) is 0. The smallest absolute Gasteiger partial charge is 0.278 e. The van der Waals surface area contributed by atoms with Crippen molar-refractivity contribution in [2.24, 2.45) is 0 Å². The molecular formula is C21H20N5O3+. The van der Waals surface area contributed by atoms with Gasteiger partial charge in [0.15, 0.2) is 0 Å². The Hall–Kier alpha value is -3.78. The van der Waals surface area contributed by atoms with E-state index >= 15 is 0 Å². The number of nitrogen functional groups attached to an aromatic ring is 1. The Morgan fingerprint density at radius 2 is 1.93 bits per heavy atom. The van der Waals surface area contributed by atoms with Gasteiger partial charge < -0.3 is 16.2 Å². The van der Waals surface area contributed by atoms with Crippen molar-refractivity contribution in [2.75, 3.05) is 12.3 Å². The molecule has 8 nitrogen and oxygen atoms in total. The van der Waals surface area contributed by atoms with Gasteiger partial charge in [0.05, 0.1) is 13.2 Å². The summed E-state index contributed by atoms with van der Waals surface area (Å²) in [6.45, 7) is 0.221. The summed E-state index contributed by atoms with van der Waals surface area (Å²) in [6, 6.07) is 16.2. The van der Waals surface area contributed by atoms with E-state index in [2.05, 4.69) is 10.3 Å². The molecule has 4 N–H and O–H groups in total. The largest absolute Gasteiger partial charge is 0.393 e. The zero-order chi connectivity index (χ0) is 20.4. The molecule has 0 bridgehead atoms. The van der Waals surface area contributed by atoms with Gasteiger partial charge in [0.1, 0.15) is 10.9 Å². The van der Waals surface area contributed by atoms with Crippen molar-refractivity contribution in [2.45, 2.75) is 13.1 Å². The minimum Gasteiger partial charge on any atom is -0.393 e. The minimum absolute atomic E-state index is 0.109. The van der Waals surface area contributed by atoms with E-state index in [9.17, 15) is 14.7 Å². The molecule has 0 unspecified atom stereocenters. The SMILES string of the molecule is Nc1c(C(=O)NCc2ccccc2)cc2c(=O)n3ccccc3nc2[n+]1CCO. The van der Waals surface area contributed by atoms with Gasteiger partial charge in [-0.05, 0) is 23.8 Å². The monoisotopic (exact) mass is 390 g/mol. The highest BCUT2D eigenvalue weighted by atomic mass is 16.3. The van der Waals surface area contributed by atoms with Crippen LogP contribution >= 0.6 is 0 Å². The van der Waals surface area contributed by atoms with E-state index < -0.39 is 5.91 Å². The second-order valence-corrected chi connectivity index (χ2v) is 6.57. The standard InChI is InChI=1S/C21H19N5O3/c22-18-15(20(28)23-13-14-6-2-1-3-7-14)12-16-19(26(18)10-11-27)24-17-8-4-5-9-25(17)21(16)29/h1-9,12,22,27H,10-11,13H2,(H,23,28)/p+1. The fourth-order valence-electron chi connectivity index (χ4n) is 3.28. The molecule has 0 atom stereocenters. The number of nitrogens with zero attached hydrogens (tertiary/aromatic N) is 3. The van der Waals surface area contributed by atoms with Crippen molar-refractivity contribution in [1.29, 1.82) is 0 Å². The van der Waals surface area contributed by atoms with Crippen LogP contribution in [0.2, 0.25) is 0 Å². The summed E-state index contributed by atoms with van der Waals surface area (Å²) in [5, 5.41) is 12.6. The molecule has 146 valence electrons. The third-order valence-electron chi connectivity index (χ3n) is 4.72. The summed E-state index contributed by atoms with van der Waals surface area (Å²) in [4.78, 5) is 30.3. The van der Waals surface area contributed by atoms with Crippen LogP contribution in [-0.2, 0) is 13.1 Å². The molecule has 4 rings (SSSR count). The van der Waals surface area contributed by atoms with Crippen molar-refractivity contribution >= 4 is 28.4 Å². The number of nitrogens with two attached hydrogens (primary N) is 1. The van der Waals surface area contributed by atoms with Crippen molar-refractivity contribution in [1.82, 2.24) is 14.7 Å². The van der Waals surface area contributed by atoms with E-state index in [1.165, 1.54) is 15.0 Å². The van der Waals surface area contributed by atoms with Gasteiger partial charge in [-0.25, -0.2) is 4.57 Å². The third-order valence-corrected chi connectivity index (χ3v) is 4.72. The van der Waals surface area contributed by atoms with E-state index in [4.69, 9.17) is 5.73 Å². The first kappa shape index (κ1) is 18.6. The zero-order valence-electron chi connectivity index (χ0n) is 15.6. The summed E-state index contributed by atoms with van der Waals surface area (Å²) in [5.41, 5.74) is 7.82. The molecule has 3 aromatic heterocycles. The van der Waals surface area contributed by atoms with Crippen LogP contribution in [0.5, 0.6) is 0 Å². The van der Waals surface area contributed by atoms with Crippen LogP contribution in [0.1, 0.15) is 15.9 Å². The molecular weight excluding hydrogens is 370 g/mol. The molecule has 0 aliphatic heterocycles. The second kappa shape index (κ2) is 7.69. The lowest BCUT2D eigenvalue weighted by atomic mass is 10.1. The van der Waals surface area contributed by atoms with Crippen LogP contribution in [0.3, 0.4) is 0 Å². The number of aliphatic hydroxyl groups is 1. The molecule has 1 aromatic carbocycles. The Labute approximate surface area is 165 Å². The number of hydrogen-bond donors (Lipinski definition) is 3. The first-order chi connectivity index (χ1) is 14.1. The van der Waals surface area contributed by atoms with E-state index in [0.29, 0.717) is 17.8 Å². The first-order valence-electron chi connectivity index (χ1n) is 9.16. The number of hydrogen-bond acceptors (Lipinski definition) is 5. The topological polar surface area (TPSA) is 114 Å². The quantitative estimate of drug-likeness (QED) is 0.342. The molecule has 3 heterocycles. The molecule has 0 aliphatic carbocycles. The lowest BCUT2D eigenvalue weighted by Crippen LogP contribution is -2.44. The number of fused-ring (bicyclic) bond motifs is 2. The van der Waals surface area contributed by atoms with Crippen LogP contribution in [0.15, 0.2) is 65.6 Å². The summed E-state index contributed by atoms with van der Waals surface area (Å²) in [6.07, 6.45) is 1.62. The molecule has 8 heteroatoms. The van der Waals surface area contributed by atoms with E-state index in [0.717, 1.165) is 5.56 Å². The predicted octanol–water partition coefficient (Wildman–Crippen LogP) is 0.640. The molecule has 0 aliphatic rings. The molecule has 0 radical (unpaired) electrons. The highest BCUT2D eigenvalue weighted by Crippen LogP contribution is 2.14. The van der Waals surface area contributed by atoms with Gasteiger partial charge in [-0.3, -0.25) is 14.0 Å². The average Bonchev–Trinajstić information content (AvgIpc) is 2.75. The van der Waals surface area contributed by atoms with Crippen LogP contribution in [-0.4, -0.2) is 27.0 Å². The maximum absolute atomic E-state index is 13.0. The predicted molar refractivity (Wildman–Crippen MR) is 108 cm³/mol. The Balaban J connectivity index is 1.84. The average molecular weight is 390 g/mol. The Kier molecular flexibility index (Phi) is 4.92. The number of nitrogens with one attached hydrogen (secondary N) is 1. The number of carbonyl (C=O) groups excluding carboxylic acids is 1. The van der Waals surface area contributed by atoms with Crippen molar-refractivity contribution in [3.8, 4) is 0 Å². The Bertz CT molecular complexity index is 1270. The fourth-order valence-corrected chi connectivity index (χ4v) is 3.28. The van der Waals surface area contributed by atoms with Crippen molar-refractivity contribution in [3.63, 3.8) is 0 Å². The van der Waals surface area contributed by atoms with Crippen LogP contribution in [0, 0.1) is 0 Å². The summed E-state index contributed by atoms with van der Waals surface area (Å²) >= 11 is 0. The third kappa shape index (κ3) is 3.41. The number of anilines is 1. The minimum atomic E-state index is -0.405. The van der Waals surface area contributed by atoms with E-state index in [1.54, 1.807) is 24.4 Å². The maximum Gasteiger partial charge on any atom is 0.278 e. The Morgan fingerprint density at radius 3 is 2.69 bits per heavy atom. The van der Waals surface area contributed by atoms with Gasteiger partial charge in [0, 0.05) is 12.7 Å². The lowest BCUT2D eigenvalue weighted by Gasteiger charge is -2.11. The molecule has 29 heavy (non-hydrogen) atoms. The van der Waals surface area contributed by atoms with Gasteiger partial charge in [0.25, 0.3) is 17.1 Å². The highest BCUT2D eigenvalue weighted by Gasteiger charge is 2.24. The van der Waals surface area contributed by atoms with Gasteiger partial charge >= 0.3 is 0 Å². The number of aliphatic hydroxyl groups excluding tert-OH is 1. The Morgan fingerprint density at radius 1 is 1.17 bits per heavy atom. The summed E-state index contributed by atoms with van der Waals surface area (Å²) < 4.78 is 2.91. The van der Waals surface area contributed by atoms with Gasteiger partial charge in [-0.1, -0.05) is 41.4 Å². The molecule has 0 saturated carbocycles. The van der Waals surface area contributed by atoms with Gasteiger partial charge in [-0.2, -0.15) is 0 Å². The number of aromatic nitrogens is 3. The lowest BCUT2D eigenvalue weighted by molar-refractivity contribution is -0.660. The number of rotatable bonds is 5. The maximum atomic E-state index is 13.0. The van der Waals surface area contributed by atoms with Crippen LogP contribution < -0.4 is 21.2 Å². The fraction of sp³-hybridized carbons (Fsp3) is 0.143. The normalized spacial score (nSPS) is 11.1. The molecule has 4 aromatic rings. The van der Waals surface area contributed by atoms with Gasteiger partial charge in [-0.15, -0.1) is 0 Å². The summed E-state index contributed by atoms with van der Waals surface area (Å²) in [5.74, 6) is -0.262. The van der Waals surface area contributed by atoms with E-state index in [-0.39, 0.29) is 35.5 Å². The first-order valence-corrected chi connectivity index (χ1v) is 9.16.